The number of nitrogens with one attached hydrogen (secondary N) is 1. The summed E-state index contributed by atoms with van der Waals surface area (Å²) in [7, 11) is -0.823. The van der Waals surface area contributed by atoms with E-state index in [4.69, 9.17) is 5.26 Å². The van der Waals surface area contributed by atoms with Crippen LogP contribution in [0.25, 0.3) is 0 Å². The molecule has 0 aliphatic heterocycles. The molecule has 18 heavy (non-hydrogen) atoms. The lowest BCUT2D eigenvalue weighted by Gasteiger charge is -2.17. The van der Waals surface area contributed by atoms with Crippen LogP contribution in [-0.2, 0) is 23.6 Å². The van der Waals surface area contributed by atoms with Crippen LogP contribution in [0.5, 0.6) is 0 Å². The van der Waals surface area contributed by atoms with Gasteiger partial charge in [-0.3, -0.25) is 4.21 Å². The van der Waals surface area contributed by atoms with Crippen LogP contribution in [0.15, 0.2) is 6.07 Å². The number of hydrogen-bond donors (Lipinski definition) is 1. The number of pyridine rings is 1. The van der Waals surface area contributed by atoms with E-state index in [2.05, 4.69) is 16.4 Å². The quantitative estimate of drug-likeness (QED) is 0.896. The molecule has 1 N–H and O–H groups in total. The van der Waals surface area contributed by atoms with Gasteiger partial charge >= 0.3 is 0 Å². The molecule has 0 bridgehead atoms. The molecular weight excluding hydrogens is 246 g/mol. The van der Waals surface area contributed by atoms with Crippen LogP contribution >= 0.6 is 0 Å². The van der Waals surface area contributed by atoms with E-state index < -0.39 is 10.8 Å². The third-order valence-electron chi connectivity index (χ3n) is 3.10. The molecule has 5 heteroatoms. The second kappa shape index (κ2) is 5.96. The van der Waals surface area contributed by atoms with E-state index >= 15 is 0 Å². The normalized spacial score (nSPS) is 15.6. The van der Waals surface area contributed by atoms with Gasteiger partial charge in [-0.1, -0.05) is 0 Å². The maximum Gasteiger partial charge on any atom is 0.144 e. The third kappa shape index (κ3) is 3.08. The van der Waals surface area contributed by atoms with Crippen molar-refractivity contribution in [3.8, 4) is 6.07 Å². The minimum absolute atomic E-state index is 0.573. The average Bonchev–Trinajstić information content (AvgIpc) is 2.37. The van der Waals surface area contributed by atoms with Crippen LogP contribution in [0.2, 0.25) is 0 Å². The Morgan fingerprint density at radius 3 is 3.00 bits per heavy atom. The number of nitrogens with zero attached hydrogens (tertiary/aromatic N) is 2. The summed E-state index contributed by atoms with van der Waals surface area (Å²) < 4.78 is 11.0. The summed E-state index contributed by atoms with van der Waals surface area (Å²) in [4.78, 5) is 4.55. The zero-order valence-corrected chi connectivity index (χ0v) is 11.3. The van der Waals surface area contributed by atoms with Gasteiger partial charge in [-0.25, -0.2) is 4.98 Å². The Balaban J connectivity index is 2.18. The molecule has 1 heterocycles. The first-order valence-corrected chi connectivity index (χ1v) is 7.90. The van der Waals surface area contributed by atoms with Crippen LogP contribution in [0.3, 0.4) is 0 Å². The first-order valence-electron chi connectivity index (χ1n) is 6.17. The summed E-state index contributed by atoms with van der Waals surface area (Å²) in [6.07, 6.45) is 6.05. The molecule has 1 aliphatic carbocycles. The largest absolute Gasteiger partial charge is 0.368 e. The molecule has 0 saturated carbocycles. The molecule has 0 fully saturated rings. The molecule has 0 saturated heterocycles. The van der Waals surface area contributed by atoms with E-state index in [1.807, 2.05) is 6.07 Å². The SMILES string of the molecule is CS(=O)CCNc1nc2c(cc1C#N)CCCC2. The summed E-state index contributed by atoms with van der Waals surface area (Å²) in [6.45, 7) is 0.587. The van der Waals surface area contributed by atoms with Gasteiger partial charge in [-0.2, -0.15) is 5.26 Å². The summed E-state index contributed by atoms with van der Waals surface area (Å²) in [5.41, 5.74) is 2.92. The van der Waals surface area contributed by atoms with Crippen LogP contribution in [-0.4, -0.2) is 27.7 Å². The van der Waals surface area contributed by atoms with Crippen molar-refractivity contribution in [2.24, 2.45) is 0 Å². The summed E-state index contributed by atoms with van der Waals surface area (Å²) in [5, 5.41) is 12.3. The number of rotatable bonds is 4. The van der Waals surface area contributed by atoms with Gasteiger partial charge in [0.1, 0.15) is 11.9 Å². The van der Waals surface area contributed by atoms with Crippen LogP contribution in [0.4, 0.5) is 5.82 Å². The number of fused-ring (bicyclic) bond motifs is 1. The highest BCUT2D eigenvalue weighted by atomic mass is 32.2. The molecule has 96 valence electrons. The molecule has 1 aromatic heterocycles. The number of anilines is 1. The van der Waals surface area contributed by atoms with Gasteiger partial charge in [0.2, 0.25) is 0 Å². The topological polar surface area (TPSA) is 65.8 Å². The summed E-state index contributed by atoms with van der Waals surface area (Å²) in [5.74, 6) is 1.22. The van der Waals surface area contributed by atoms with Crippen LogP contribution in [0, 0.1) is 11.3 Å². The minimum atomic E-state index is -0.823. The molecule has 4 nitrogen and oxygen atoms in total. The standard InChI is InChI=1S/C13H17N3OS/c1-18(17)7-6-15-13-11(9-14)8-10-4-2-3-5-12(10)16-13/h8H,2-7H2,1H3,(H,15,16). The lowest BCUT2D eigenvalue weighted by Crippen LogP contribution is -2.14. The first kappa shape index (κ1) is 13.0. The molecular formula is C13H17N3OS. The molecule has 0 spiro atoms. The molecule has 0 radical (unpaired) electrons. The Labute approximate surface area is 110 Å². The van der Waals surface area contributed by atoms with Crippen LogP contribution in [0.1, 0.15) is 29.7 Å². The number of aryl methyl sites for hydroxylation is 2. The van der Waals surface area contributed by atoms with Crippen molar-refractivity contribution in [1.82, 2.24) is 4.98 Å². The monoisotopic (exact) mass is 263 g/mol. The maximum atomic E-state index is 11.0. The summed E-state index contributed by atoms with van der Waals surface area (Å²) in [6, 6.07) is 4.13. The van der Waals surface area contributed by atoms with Gasteiger partial charge < -0.3 is 5.32 Å². The van der Waals surface area contributed by atoms with Gasteiger partial charge in [0.05, 0.1) is 5.56 Å². The molecule has 1 unspecified atom stereocenters. The predicted molar refractivity (Wildman–Crippen MR) is 73.0 cm³/mol. The zero-order chi connectivity index (χ0) is 13.0. The minimum Gasteiger partial charge on any atom is -0.368 e. The molecule has 0 amide bonds. The molecule has 1 aromatic rings. The fourth-order valence-electron chi connectivity index (χ4n) is 2.17. The van der Waals surface area contributed by atoms with E-state index in [1.54, 1.807) is 6.26 Å². The highest BCUT2D eigenvalue weighted by Gasteiger charge is 2.14. The smallest absolute Gasteiger partial charge is 0.144 e. The van der Waals surface area contributed by atoms with Crippen LogP contribution < -0.4 is 5.32 Å². The van der Waals surface area contributed by atoms with Crippen molar-refractivity contribution < 1.29 is 4.21 Å². The van der Waals surface area contributed by atoms with E-state index in [9.17, 15) is 4.21 Å². The average molecular weight is 263 g/mol. The Morgan fingerprint density at radius 1 is 1.50 bits per heavy atom. The third-order valence-corrected chi connectivity index (χ3v) is 3.88. The summed E-state index contributed by atoms with van der Waals surface area (Å²) >= 11 is 0. The van der Waals surface area contributed by atoms with Gasteiger partial charge in [0.15, 0.2) is 0 Å². The van der Waals surface area contributed by atoms with E-state index in [0.717, 1.165) is 18.5 Å². The van der Waals surface area contributed by atoms with E-state index in [-0.39, 0.29) is 0 Å². The van der Waals surface area contributed by atoms with E-state index in [1.165, 1.54) is 18.4 Å². The van der Waals surface area contributed by atoms with Gasteiger partial charge in [0.25, 0.3) is 0 Å². The zero-order valence-electron chi connectivity index (χ0n) is 10.5. The number of hydrogen-bond acceptors (Lipinski definition) is 4. The second-order valence-electron chi connectivity index (χ2n) is 4.51. The van der Waals surface area contributed by atoms with Crippen molar-refractivity contribution >= 4 is 16.6 Å². The Morgan fingerprint density at radius 2 is 2.28 bits per heavy atom. The van der Waals surface area contributed by atoms with Crippen molar-refractivity contribution in [3.63, 3.8) is 0 Å². The lowest BCUT2D eigenvalue weighted by molar-refractivity contribution is 0.668. The highest BCUT2D eigenvalue weighted by molar-refractivity contribution is 7.84. The number of nitriles is 1. The predicted octanol–water partition coefficient (Wildman–Crippen LogP) is 1.62. The van der Waals surface area contributed by atoms with Crippen molar-refractivity contribution in [1.29, 1.82) is 5.26 Å². The van der Waals surface area contributed by atoms with Crippen molar-refractivity contribution in [2.45, 2.75) is 25.7 Å². The van der Waals surface area contributed by atoms with Gasteiger partial charge in [0, 0.05) is 35.0 Å². The fraction of sp³-hybridized carbons (Fsp3) is 0.538. The molecule has 1 aliphatic rings. The molecule has 1 atom stereocenters. The van der Waals surface area contributed by atoms with Crippen molar-refractivity contribution in [3.05, 3.63) is 22.9 Å². The maximum absolute atomic E-state index is 11.0. The highest BCUT2D eigenvalue weighted by Crippen LogP contribution is 2.24. The fourth-order valence-corrected chi connectivity index (χ4v) is 2.56. The molecule has 2 rings (SSSR count). The van der Waals surface area contributed by atoms with Gasteiger partial charge in [-0.05, 0) is 37.3 Å². The lowest BCUT2D eigenvalue weighted by atomic mass is 9.95. The first-order chi connectivity index (χ1) is 8.70. The van der Waals surface area contributed by atoms with Gasteiger partial charge in [-0.15, -0.1) is 0 Å². The number of aromatic nitrogens is 1. The Kier molecular flexibility index (Phi) is 4.32. The Hall–Kier alpha value is -1.41. The molecule has 0 aromatic carbocycles. The van der Waals surface area contributed by atoms with E-state index in [0.29, 0.717) is 23.7 Å². The van der Waals surface area contributed by atoms with Crippen molar-refractivity contribution in [2.75, 3.05) is 23.9 Å². The second-order valence-corrected chi connectivity index (χ2v) is 6.07. The Bertz CT molecular complexity index is 508.